The molecule has 1 N–H and O–H groups in total. The summed E-state index contributed by atoms with van der Waals surface area (Å²) < 4.78 is 29.4. The Bertz CT molecular complexity index is 949. The summed E-state index contributed by atoms with van der Waals surface area (Å²) in [6.45, 7) is 8.52. The molecule has 0 saturated carbocycles. The molecule has 0 atom stereocenters. The summed E-state index contributed by atoms with van der Waals surface area (Å²) >= 11 is 3.20. The lowest BCUT2D eigenvalue weighted by Gasteiger charge is -2.18. The van der Waals surface area contributed by atoms with E-state index in [-0.39, 0.29) is 10.8 Å². The highest BCUT2D eigenvalue weighted by Crippen LogP contribution is 2.22. The zero-order valence-electron chi connectivity index (χ0n) is 15.8. The van der Waals surface area contributed by atoms with Crippen LogP contribution in [-0.4, -0.2) is 47.8 Å². The number of nitrogens with zero attached hydrogens (tertiary/aromatic N) is 3. The number of carbonyl (C=O) groups excluding carboxylic acids is 1. The third-order valence-corrected chi connectivity index (χ3v) is 6.67. The van der Waals surface area contributed by atoms with Gasteiger partial charge in [0.05, 0.1) is 15.9 Å². The van der Waals surface area contributed by atoms with Crippen molar-refractivity contribution in [3.8, 4) is 0 Å². The van der Waals surface area contributed by atoms with E-state index in [1.165, 1.54) is 4.31 Å². The molecule has 148 valence electrons. The Labute approximate surface area is 168 Å². The number of imidazole rings is 1. The van der Waals surface area contributed by atoms with Crippen LogP contribution in [0.3, 0.4) is 0 Å². The summed E-state index contributed by atoms with van der Waals surface area (Å²) in [5.74, 6) is 0.641. The van der Waals surface area contributed by atoms with Crippen LogP contribution in [0, 0.1) is 0 Å². The minimum Gasteiger partial charge on any atom is -0.352 e. The summed E-state index contributed by atoms with van der Waals surface area (Å²) in [6, 6.07) is 4.97. The van der Waals surface area contributed by atoms with Crippen molar-refractivity contribution in [3.63, 3.8) is 0 Å². The van der Waals surface area contributed by atoms with Gasteiger partial charge >= 0.3 is 0 Å². The fraction of sp³-hybridized carbons (Fsp3) is 0.444. The average molecular weight is 457 g/mol. The molecule has 1 heterocycles. The van der Waals surface area contributed by atoms with Crippen molar-refractivity contribution in [2.45, 2.75) is 31.6 Å². The van der Waals surface area contributed by atoms with Crippen LogP contribution >= 0.6 is 15.9 Å². The fourth-order valence-corrected chi connectivity index (χ4v) is 4.45. The lowest BCUT2D eigenvalue weighted by molar-refractivity contribution is -0.120. The van der Waals surface area contributed by atoms with Gasteiger partial charge in [0.25, 0.3) is 0 Å². The number of hydrogen-bond donors (Lipinski definition) is 1. The molecule has 0 saturated heterocycles. The van der Waals surface area contributed by atoms with Crippen molar-refractivity contribution < 1.29 is 13.2 Å². The molecule has 0 bridgehead atoms. The zero-order valence-corrected chi connectivity index (χ0v) is 18.2. The average Bonchev–Trinajstić information content (AvgIpc) is 2.94. The van der Waals surface area contributed by atoms with E-state index in [1.54, 1.807) is 18.2 Å². The largest absolute Gasteiger partial charge is 0.352 e. The Morgan fingerprint density at radius 1 is 1.33 bits per heavy atom. The van der Waals surface area contributed by atoms with Crippen LogP contribution < -0.4 is 5.32 Å². The van der Waals surface area contributed by atoms with Gasteiger partial charge in [-0.25, -0.2) is 13.4 Å². The quantitative estimate of drug-likeness (QED) is 0.628. The monoisotopic (exact) mass is 456 g/mol. The maximum absolute atomic E-state index is 12.7. The van der Waals surface area contributed by atoms with E-state index in [9.17, 15) is 13.2 Å². The fourth-order valence-electron chi connectivity index (χ4n) is 2.83. The van der Waals surface area contributed by atoms with Crippen LogP contribution in [0.15, 0.2) is 34.2 Å². The van der Waals surface area contributed by atoms with E-state index < -0.39 is 10.0 Å². The minimum atomic E-state index is -3.53. The predicted molar refractivity (Wildman–Crippen MR) is 110 cm³/mol. The molecule has 0 fully saturated rings. The molecule has 1 amide bonds. The van der Waals surface area contributed by atoms with Gasteiger partial charge in [-0.05, 0) is 18.2 Å². The number of amides is 1. The van der Waals surface area contributed by atoms with Crippen LogP contribution in [0.2, 0.25) is 0 Å². The van der Waals surface area contributed by atoms with Crippen LogP contribution in [0.4, 0.5) is 0 Å². The van der Waals surface area contributed by atoms with Crippen LogP contribution in [0.25, 0.3) is 11.0 Å². The summed E-state index contributed by atoms with van der Waals surface area (Å²) in [4.78, 5) is 16.7. The van der Waals surface area contributed by atoms with Gasteiger partial charge in [-0.1, -0.05) is 36.4 Å². The molecule has 0 aliphatic rings. The second kappa shape index (κ2) is 8.99. The summed E-state index contributed by atoms with van der Waals surface area (Å²) in [5, 5.41) is 2.75. The lowest BCUT2D eigenvalue weighted by atomic mass is 10.3. The number of halogens is 1. The van der Waals surface area contributed by atoms with E-state index in [0.29, 0.717) is 42.5 Å². The lowest BCUT2D eigenvalue weighted by Crippen LogP contribution is -2.30. The van der Waals surface area contributed by atoms with Gasteiger partial charge in [-0.15, -0.1) is 0 Å². The Morgan fingerprint density at radius 3 is 2.59 bits per heavy atom. The number of benzene rings is 1. The first kappa shape index (κ1) is 21.6. The summed E-state index contributed by atoms with van der Waals surface area (Å²) in [5.41, 5.74) is 1.44. The van der Waals surface area contributed by atoms with Gasteiger partial charge in [0.2, 0.25) is 15.9 Å². The van der Waals surface area contributed by atoms with E-state index in [2.05, 4.69) is 32.8 Å². The third-order valence-electron chi connectivity index (χ3n) is 4.34. The van der Waals surface area contributed by atoms with E-state index in [4.69, 9.17) is 0 Å². The molecule has 27 heavy (non-hydrogen) atoms. The summed E-state index contributed by atoms with van der Waals surface area (Å²) in [7, 11) is -1.67. The van der Waals surface area contributed by atoms with Crippen molar-refractivity contribution in [2.24, 2.45) is 7.05 Å². The standard InChI is InChI=1S/C18H25BrN4O3S/c1-5-23(6-2)27(25,26)14-7-8-16-15(11-14)21-17(22(16)4)9-10-18(24)20-12-13(3)19/h7-8,11H,3,5-6,9-10,12H2,1-2,4H3,(H,20,24). The Kier molecular flexibility index (Phi) is 7.19. The van der Waals surface area contributed by atoms with E-state index >= 15 is 0 Å². The maximum atomic E-state index is 12.7. The number of aryl methyl sites for hydroxylation is 2. The van der Waals surface area contributed by atoms with Crippen LogP contribution in [0.5, 0.6) is 0 Å². The molecule has 7 nitrogen and oxygen atoms in total. The highest BCUT2D eigenvalue weighted by molar-refractivity contribution is 9.11. The first-order valence-electron chi connectivity index (χ1n) is 8.76. The smallest absolute Gasteiger partial charge is 0.243 e. The highest BCUT2D eigenvalue weighted by Gasteiger charge is 2.22. The van der Waals surface area contributed by atoms with E-state index in [1.807, 2.05) is 25.5 Å². The SMILES string of the molecule is C=C(Br)CNC(=O)CCc1nc2cc(S(=O)(=O)N(CC)CC)ccc2n1C. The van der Waals surface area contributed by atoms with E-state index in [0.717, 1.165) is 11.3 Å². The molecule has 2 aromatic rings. The second-order valence-electron chi connectivity index (χ2n) is 6.12. The molecular weight excluding hydrogens is 432 g/mol. The molecule has 0 spiro atoms. The van der Waals surface area contributed by atoms with Crippen molar-refractivity contribution in [1.29, 1.82) is 0 Å². The molecule has 0 radical (unpaired) electrons. The molecule has 0 aliphatic heterocycles. The first-order chi connectivity index (χ1) is 12.7. The topological polar surface area (TPSA) is 84.3 Å². The van der Waals surface area contributed by atoms with Gasteiger partial charge in [0.15, 0.2) is 0 Å². The third kappa shape index (κ3) is 4.97. The molecule has 0 aliphatic carbocycles. The highest BCUT2D eigenvalue weighted by atomic mass is 79.9. The summed E-state index contributed by atoms with van der Waals surface area (Å²) in [6.07, 6.45) is 0.756. The van der Waals surface area contributed by atoms with Gasteiger partial charge in [-0.2, -0.15) is 4.31 Å². The van der Waals surface area contributed by atoms with Gasteiger partial charge in [0.1, 0.15) is 5.82 Å². The number of aromatic nitrogens is 2. The molecule has 1 aromatic carbocycles. The van der Waals surface area contributed by atoms with Crippen LogP contribution in [0.1, 0.15) is 26.1 Å². The number of nitrogens with one attached hydrogen (secondary N) is 1. The van der Waals surface area contributed by atoms with Crippen molar-refractivity contribution in [2.75, 3.05) is 19.6 Å². The number of fused-ring (bicyclic) bond motifs is 1. The Hall–Kier alpha value is -1.71. The van der Waals surface area contributed by atoms with Gasteiger partial charge < -0.3 is 9.88 Å². The van der Waals surface area contributed by atoms with Crippen molar-refractivity contribution in [1.82, 2.24) is 19.2 Å². The predicted octanol–water partition coefficient (Wildman–Crippen LogP) is 2.56. The number of carbonyl (C=O) groups is 1. The second-order valence-corrected chi connectivity index (χ2v) is 9.18. The number of rotatable bonds is 9. The minimum absolute atomic E-state index is 0.0903. The van der Waals surface area contributed by atoms with Crippen LogP contribution in [-0.2, 0) is 28.3 Å². The Morgan fingerprint density at radius 2 is 2.00 bits per heavy atom. The normalized spacial score (nSPS) is 11.9. The molecule has 9 heteroatoms. The maximum Gasteiger partial charge on any atom is 0.243 e. The number of hydrogen-bond acceptors (Lipinski definition) is 4. The van der Waals surface area contributed by atoms with Gasteiger partial charge in [0, 0.05) is 44.0 Å². The van der Waals surface area contributed by atoms with Gasteiger partial charge in [-0.3, -0.25) is 4.79 Å². The molecule has 0 unspecified atom stereocenters. The molecule has 2 rings (SSSR count). The molecule has 1 aromatic heterocycles. The van der Waals surface area contributed by atoms with Crippen molar-refractivity contribution in [3.05, 3.63) is 35.1 Å². The zero-order chi connectivity index (χ0) is 20.2. The number of sulfonamides is 1. The first-order valence-corrected chi connectivity index (χ1v) is 11.0. The van der Waals surface area contributed by atoms with Crippen molar-refractivity contribution >= 4 is 42.9 Å². The molecular formula is C18H25BrN4O3S. The Balaban J connectivity index is 2.24.